The van der Waals surface area contributed by atoms with Crippen molar-refractivity contribution in [2.24, 2.45) is 5.92 Å². The number of rotatable bonds is 12. The summed E-state index contributed by atoms with van der Waals surface area (Å²) in [5, 5.41) is 6.68. The van der Waals surface area contributed by atoms with Crippen LogP contribution in [0, 0.1) is 5.92 Å². The summed E-state index contributed by atoms with van der Waals surface area (Å²) >= 11 is 0. The molecule has 6 rings (SSSR count). The first-order valence-corrected chi connectivity index (χ1v) is 20.1. The largest absolute Gasteiger partial charge is 0.487 e. The third-order valence-electron chi connectivity index (χ3n) is 9.28. The van der Waals surface area contributed by atoms with E-state index in [1.54, 1.807) is 64.4 Å². The van der Waals surface area contributed by atoms with Crippen molar-refractivity contribution in [2.45, 2.75) is 57.1 Å². The molecule has 0 bridgehead atoms. The van der Waals surface area contributed by atoms with Crippen LogP contribution in [-0.2, 0) is 26.7 Å². The number of alkyl halides is 3. The molecule has 0 unspecified atom stereocenters. The molecule has 0 atom stereocenters. The fraction of sp³-hybridized carbons (Fsp3) is 0.366. The highest BCUT2D eigenvalue weighted by atomic mass is 32.2. The first-order valence-electron chi connectivity index (χ1n) is 18.5. The van der Waals surface area contributed by atoms with Crippen LogP contribution >= 0.6 is 0 Å². The maximum absolute atomic E-state index is 13.8. The van der Waals surface area contributed by atoms with Gasteiger partial charge in [-0.25, -0.2) is 13.2 Å². The summed E-state index contributed by atoms with van der Waals surface area (Å²) in [4.78, 5) is 29.4. The first-order chi connectivity index (χ1) is 27.0. The summed E-state index contributed by atoms with van der Waals surface area (Å²) in [6, 6.07) is 22.5. The van der Waals surface area contributed by atoms with Gasteiger partial charge in [-0.05, 0) is 87.1 Å². The number of hydrogen-bond donors (Lipinski definition) is 1. The number of benzene rings is 3. The molecule has 2 amide bonds. The van der Waals surface area contributed by atoms with E-state index < -0.39 is 27.5 Å². The summed E-state index contributed by atoms with van der Waals surface area (Å²) in [6.45, 7) is 7.57. The van der Waals surface area contributed by atoms with Crippen molar-refractivity contribution in [2.75, 3.05) is 37.5 Å². The maximum Gasteiger partial charge on any atom is 0.435 e. The van der Waals surface area contributed by atoms with Crippen molar-refractivity contribution in [1.82, 2.24) is 20.0 Å². The molecule has 12 nitrogen and oxygen atoms in total. The van der Waals surface area contributed by atoms with E-state index >= 15 is 0 Å². The molecule has 3 heterocycles. The van der Waals surface area contributed by atoms with Gasteiger partial charge in [-0.2, -0.15) is 13.2 Å². The molecule has 2 saturated heterocycles. The molecular formula is C41H44F3N5O7S. The lowest BCUT2D eigenvalue weighted by atomic mass is 9.89. The second-order valence-electron chi connectivity index (χ2n) is 14.9. The molecule has 0 spiro atoms. The number of aromatic nitrogens is 2. The van der Waals surface area contributed by atoms with Crippen molar-refractivity contribution >= 4 is 27.7 Å². The normalized spacial score (nSPS) is 15.6. The predicted molar refractivity (Wildman–Crippen MR) is 206 cm³/mol. The van der Waals surface area contributed by atoms with E-state index in [1.165, 1.54) is 6.07 Å². The highest BCUT2D eigenvalue weighted by molar-refractivity contribution is 7.91. The van der Waals surface area contributed by atoms with E-state index in [0.29, 0.717) is 55.9 Å². The van der Waals surface area contributed by atoms with Crippen LogP contribution in [0.2, 0.25) is 0 Å². The number of anilines is 1. The molecule has 3 aromatic carbocycles. The molecule has 0 radical (unpaired) electrons. The zero-order valence-electron chi connectivity index (χ0n) is 31.7. The van der Waals surface area contributed by atoms with Crippen LogP contribution in [0.4, 0.5) is 23.7 Å². The second kappa shape index (κ2) is 17.2. The summed E-state index contributed by atoms with van der Waals surface area (Å²) in [6.07, 6.45) is 0.170. The SMILES string of the molecule is CC(C)(C)OC(=O)N1CC(/C=C/COc2ccc(C(=O)N3CCC(c4ccc(Oc5ccc(C(F)(F)F)nn5)cc4)CC3)cc2NS(=O)(=O)Cc2ccccc2)C1. The number of amides is 2. The van der Waals surface area contributed by atoms with Gasteiger partial charge >= 0.3 is 12.3 Å². The van der Waals surface area contributed by atoms with Crippen molar-refractivity contribution in [3.05, 3.63) is 119 Å². The second-order valence-corrected chi connectivity index (χ2v) is 16.7. The van der Waals surface area contributed by atoms with Gasteiger partial charge in [0.25, 0.3) is 5.91 Å². The smallest absolute Gasteiger partial charge is 0.435 e. The molecule has 2 aliphatic heterocycles. The van der Waals surface area contributed by atoms with Gasteiger partial charge in [-0.3, -0.25) is 9.52 Å². The number of nitrogens with one attached hydrogen (secondary N) is 1. The summed E-state index contributed by atoms with van der Waals surface area (Å²) in [5.74, 6) is 0.355. The highest BCUT2D eigenvalue weighted by Gasteiger charge is 2.34. The van der Waals surface area contributed by atoms with Crippen molar-refractivity contribution < 1.29 is 45.4 Å². The van der Waals surface area contributed by atoms with Crippen LogP contribution in [0.5, 0.6) is 17.4 Å². The third kappa shape index (κ3) is 11.5. The first kappa shape index (κ1) is 41.0. The summed E-state index contributed by atoms with van der Waals surface area (Å²) in [5.41, 5.74) is 0.394. The number of sulfonamides is 1. The minimum Gasteiger partial charge on any atom is -0.487 e. The van der Waals surface area contributed by atoms with Gasteiger partial charge in [0.2, 0.25) is 15.9 Å². The number of carbonyl (C=O) groups excluding carboxylic acids is 2. The van der Waals surface area contributed by atoms with Gasteiger partial charge in [0.1, 0.15) is 23.7 Å². The predicted octanol–water partition coefficient (Wildman–Crippen LogP) is 8.05. The Morgan fingerprint density at radius 3 is 2.23 bits per heavy atom. The Kier molecular flexibility index (Phi) is 12.4. The van der Waals surface area contributed by atoms with Gasteiger partial charge < -0.3 is 24.0 Å². The van der Waals surface area contributed by atoms with Crippen molar-refractivity contribution in [1.29, 1.82) is 0 Å². The van der Waals surface area contributed by atoms with Crippen LogP contribution in [0.1, 0.15) is 66.7 Å². The van der Waals surface area contributed by atoms with Crippen molar-refractivity contribution in [3.8, 4) is 17.4 Å². The Balaban J connectivity index is 1.06. The number of nitrogens with zero attached hydrogens (tertiary/aromatic N) is 4. The van der Waals surface area contributed by atoms with E-state index in [0.717, 1.165) is 17.7 Å². The van der Waals surface area contributed by atoms with Gasteiger partial charge in [-0.1, -0.05) is 54.6 Å². The minimum atomic E-state index is -4.59. The van der Waals surface area contributed by atoms with E-state index in [1.807, 2.05) is 45.1 Å². The standard InChI is InChI=1S/C41H44F3N5O7S/c1-40(2,3)56-39(51)49-25-29(26-49)10-7-23-54-35-16-13-32(24-34(35)47-57(52,53)27-28-8-5-4-6-9-28)38(50)48-21-19-31(20-22-48)30-11-14-33(15-12-30)55-37-18-17-36(45-46-37)41(42,43)44/h4-18,24,29,31,47H,19-23,25-27H2,1-3H3/b10-7+. The monoisotopic (exact) mass is 807 g/mol. The average Bonchev–Trinajstić information content (AvgIpc) is 3.13. The lowest BCUT2D eigenvalue weighted by molar-refractivity contribution is -0.141. The Labute approximate surface area is 329 Å². The van der Waals surface area contributed by atoms with Crippen LogP contribution in [0.15, 0.2) is 97.1 Å². The van der Waals surface area contributed by atoms with Gasteiger partial charge in [-0.15, -0.1) is 10.2 Å². The Hall–Kier alpha value is -5.64. The number of piperidine rings is 1. The molecule has 1 N–H and O–H groups in total. The highest BCUT2D eigenvalue weighted by Crippen LogP contribution is 2.33. The number of carbonyl (C=O) groups is 2. The zero-order valence-corrected chi connectivity index (χ0v) is 32.6. The fourth-order valence-corrected chi connectivity index (χ4v) is 7.61. The van der Waals surface area contributed by atoms with Crippen LogP contribution in [0.25, 0.3) is 0 Å². The molecule has 1 aromatic heterocycles. The third-order valence-corrected chi connectivity index (χ3v) is 10.5. The average molecular weight is 808 g/mol. The van der Waals surface area contributed by atoms with Crippen LogP contribution in [-0.4, -0.2) is 78.8 Å². The molecule has 0 saturated carbocycles. The Morgan fingerprint density at radius 2 is 1.60 bits per heavy atom. The van der Waals surface area contributed by atoms with Crippen LogP contribution < -0.4 is 14.2 Å². The molecule has 0 aliphatic carbocycles. The van der Waals surface area contributed by atoms with Crippen LogP contribution in [0.3, 0.4) is 0 Å². The van der Waals surface area contributed by atoms with Crippen molar-refractivity contribution in [3.63, 3.8) is 0 Å². The number of ether oxygens (including phenoxy) is 3. The molecule has 302 valence electrons. The minimum absolute atomic E-state index is 0.0651. The Morgan fingerprint density at radius 1 is 0.895 bits per heavy atom. The number of halogens is 3. The summed E-state index contributed by atoms with van der Waals surface area (Å²) < 4.78 is 84.6. The maximum atomic E-state index is 13.8. The van der Waals surface area contributed by atoms with Gasteiger partial charge in [0, 0.05) is 43.7 Å². The van der Waals surface area contributed by atoms with E-state index in [2.05, 4.69) is 14.9 Å². The summed E-state index contributed by atoms with van der Waals surface area (Å²) in [7, 11) is -3.89. The lowest BCUT2D eigenvalue weighted by Crippen LogP contribution is -2.50. The number of hydrogen-bond acceptors (Lipinski definition) is 9. The lowest BCUT2D eigenvalue weighted by Gasteiger charge is -2.38. The van der Waals surface area contributed by atoms with E-state index in [-0.39, 0.29) is 53.5 Å². The van der Waals surface area contributed by atoms with E-state index in [4.69, 9.17) is 14.2 Å². The molecule has 2 fully saturated rings. The molecule has 4 aromatic rings. The Bertz CT molecular complexity index is 2150. The zero-order chi connectivity index (χ0) is 40.8. The molecule has 57 heavy (non-hydrogen) atoms. The topological polar surface area (TPSA) is 140 Å². The number of likely N-dealkylation sites (tertiary alicyclic amines) is 2. The van der Waals surface area contributed by atoms with E-state index in [9.17, 15) is 31.2 Å². The quantitative estimate of drug-likeness (QED) is 0.141. The molecular weight excluding hydrogens is 764 g/mol. The molecule has 16 heteroatoms. The van der Waals surface area contributed by atoms with Gasteiger partial charge in [0.15, 0.2) is 5.69 Å². The van der Waals surface area contributed by atoms with Gasteiger partial charge in [0.05, 0.1) is 11.4 Å². The fourth-order valence-electron chi connectivity index (χ4n) is 6.41. The molecule has 2 aliphatic rings.